The number of nitrogens with zero attached hydrogens (tertiary/aromatic N) is 2. The van der Waals surface area contributed by atoms with Crippen LogP contribution < -0.4 is 5.73 Å². The molecule has 0 fully saturated rings. The molecule has 0 saturated heterocycles. The highest BCUT2D eigenvalue weighted by Gasteiger charge is 2.02. The molecule has 82 valence electrons. The van der Waals surface area contributed by atoms with Crippen LogP contribution in [0, 0.1) is 0 Å². The molecule has 0 radical (unpaired) electrons. The highest BCUT2D eigenvalue weighted by Crippen LogP contribution is 2.16. The van der Waals surface area contributed by atoms with Crippen LogP contribution in [0.15, 0.2) is 42.7 Å². The average molecular weight is 213 g/mol. The minimum absolute atomic E-state index is 0.173. The molecule has 0 saturated carbocycles. The lowest BCUT2D eigenvalue weighted by Crippen LogP contribution is -2.17. The van der Waals surface area contributed by atoms with Crippen molar-refractivity contribution >= 4 is 0 Å². The molecule has 1 atom stereocenters. The zero-order chi connectivity index (χ0) is 11.4. The molecule has 1 heterocycles. The molecule has 0 bridgehead atoms. The molecule has 0 aliphatic heterocycles. The maximum Gasteiger partial charge on any atom is 0.159 e. The second-order valence-electron chi connectivity index (χ2n) is 3.95. The third-order valence-corrected chi connectivity index (χ3v) is 2.31. The zero-order valence-corrected chi connectivity index (χ0v) is 9.30. The minimum atomic E-state index is 0.173. The van der Waals surface area contributed by atoms with Gasteiger partial charge in [0.05, 0.1) is 0 Å². The summed E-state index contributed by atoms with van der Waals surface area (Å²) >= 11 is 0. The van der Waals surface area contributed by atoms with E-state index in [1.165, 1.54) is 5.56 Å². The first kappa shape index (κ1) is 10.8. The first-order valence-electron chi connectivity index (χ1n) is 5.37. The molecular formula is C13H15N3. The molecule has 3 heteroatoms. The molecule has 1 aromatic heterocycles. The van der Waals surface area contributed by atoms with E-state index in [0.717, 1.165) is 17.8 Å². The summed E-state index contributed by atoms with van der Waals surface area (Å²) in [6, 6.07) is 10.2. The molecule has 0 amide bonds. The van der Waals surface area contributed by atoms with Crippen LogP contribution in [0.1, 0.15) is 12.5 Å². The van der Waals surface area contributed by atoms with Gasteiger partial charge in [-0.3, -0.25) is 0 Å². The highest BCUT2D eigenvalue weighted by molar-refractivity contribution is 5.55. The fourth-order valence-corrected chi connectivity index (χ4v) is 1.66. The van der Waals surface area contributed by atoms with E-state index in [9.17, 15) is 0 Å². The van der Waals surface area contributed by atoms with Crippen molar-refractivity contribution in [2.45, 2.75) is 19.4 Å². The highest BCUT2D eigenvalue weighted by atomic mass is 14.8. The van der Waals surface area contributed by atoms with Gasteiger partial charge in [0.2, 0.25) is 0 Å². The molecule has 2 aromatic rings. The Kier molecular flexibility index (Phi) is 3.27. The van der Waals surface area contributed by atoms with Crippen molar-refractivity contribution in [2.24, 2.45) is 5.73 Å². The van der Waals surface area contributed by atoms with Crippen molar-refractivity contribution in [3.8, 4) is 11.4 Å². The van der Waals surface area contributed by atoms with Crippen LogP contribution in [0.2, 0.25) is 0 Å². The Labute approximate surface area is 95.4 Å². The molecule has 1 aromatic carbocycles. The Hall–Kier alpha value is -1.74. The molecule has 0 aliphatic rings. The standard InChI is InChI=1S/C13H15N3/c1-10(14)8-11-4-2-5-12(9-11)13-15-6-3-7-16-13/h2-7,9-10H,8,14H2,1H3. The predicted molar refractivity (Wildman–Crippen MR) is 64.8 cm³/mol. The number of hydrogen-bond donors (Lipinski definition) is 1. The van der Waals surface area contributed by atoms with E-state index in [1.54, 1.807) is 12.4 Å². The first-order chi connectivity index (χ1) is 7.75. The van der Waals surface area contributed by atoms with Gasteiger partial charge in [-0.2, -0.15) is 0 Å². The van der Waals surface area contributed by atoms with E-state index in [1.807, 2.05) is 25.1 Å². The van der Waals surface area contributed by atoms with Gasteiger partial charge in [0, 0.05) is 24.0 Å². The normalized spacial score (nSPS) is 12.4. The number of benzene rings is 1. The smallest absolute Gasteiger partial charge is 0.159 e. The third-order valence-electron chi connectivity index (χ3n) is 2.31. The Morgan fingerprint density at radius 3 is 2.62 bits per heavy atom. The Bertz CT molecular complexity index is 452. The second kappa shape index (κ2) is 4.86. The van der Waals surface area contributed by atoms with Gasteiger partial charge in [-0.25, -0.2) is 9.97 Å². The molecule has 16 heavy (non-hydrogen) atoms. The first-order valence-corrected chi connectivity index (χ1v) is 5.37. The van der Waals surface area contributed by atoms with Crippen molar-refractivity contribution in [3.63, 3.8) is 0 Å². The quantitative estimate of drug-likeness (QED) is 0.848. The van der Waals surface area contributed by atoms with Crippen molar-refractivity contribution in [2.75, 3.05) is 0 Å². The lowest BCUT2D eigenvalue weighted by molar-refractivity contribution is 0.738. The molecule has 3 nitrogen and oxygen atoms in total. The van der Waals surface area contributed by atoms with E-state index >= 15 is 0 Å². The Morgan fingerprint density at radius 2 is 1.94 bits per heavy atom. The molecule has 0 spiro atoms. The second-order valence-corrected chi connectivity index (χ2v) is 3.95. The number of aromatic nitrogens is 2. The average Bonchev–Trinajstić information content (AvgIpc) is 2.30. The van der Waals surface area contributed by atoms with Crippen LogP contribution in [-0.2, 0) is 6.42 Å². The lowest BCUT2D eigenvalue weighted by atomic mass is 10.0. The van der Waals surface area contributed by atoms with E-state index in [4.69, 9.17) is 5.73 Å². The number of rotatable bonds is 3. The molecular weight excluding hydrogens is 198 g/mol. The summed E-state index contributed by atoms with van der Waals surface area (Å²) in [7, 11) is 0. The van der Waals surface area contributed by atoms with Gasteiger partial charge in [-0.1, -0.05) is 18.2 Å². The summed E-state index contributed by atoms with van der Waals surface area (Å²) < 4.78 is 0. The van der Waals surface area contributed by atoms with Gasteiger partial charge in [0.15, 0.2) is 5.82 Å². The third kappa shape index (κ3) is 2.64. The summed E-state index contributed by atoms with van der Waals surface area (Å²) in [5.41, 5.74) is 8.04. The minimum Gasteiger partial charge on any atom is -0.328 e. The van der Waals surface area contributed by atoms with Crippen LogP contribution >= 0.6 is 0 Å². The summed E-state index contributed by atoms with van der Waals surface area (Å²) in [5, 5.41) is 0. The van der Waals surface area contributed by atoms with Crippen molar-refractivity contribution in [3.05, 3.63) is 48.3 Å². The van der Waals surface area contributed by atoms with Crippen LogP contribution in [0.25, 0.3) is 11.4 Å². The monoisotopic (exact) mass is 213 g/mol. The van der Waals surface area contributed by atoms with Gasteiger partial charge in [-0.15, -0.1) is 0 Å². The van der Waals surface area contributed by atoms with E-state index in [-0.39, 0.29) is 6.04 Å². The van der Waals surface area contributed by atoms with Crippen molar-refractivity contribution in [1.82, 2.24) is 9.97 Å². The van der Waals surface area contributed by atoms with Gasteiger partial charge >= 0.3 is 0 Å². The summed E-state index contributed by atoms with van der Waals surface area (Å²) in [6.45, 7) is 2.01. The Balaban J connectivity index is 2.29. The van der Waals surface area contributed by atoms with Gasteiger partial charge in [-0.05, 0) is 31.0 Å². The lowest BCUT2D eigenvalue weighted by Gasteiger charge is -2.06. The largest absolute Gasteiger partial charge is 0.328 e. The maximum atomic E-state index is 5.78. The topological polar surface area (TPSA) is 51.8 Å². The number of nitrogens with two attached hydrogens (primary N) is 1. The van der Waals surface area contributed by atoms with E-state index < -0.39 is 0 Å². The fourth-order valence-electron chi connectivity index (χ4n) is 1.66. The van der Waals surface area contributed by atoms with E-state index in [0.29, 0.717) is 0 Å². The predicted octanol–water partition coefficient (Wildman–Crippen LogP) is 2.03. The fraction of sp³-hybridized carbons (Fsp3) is 0.231. The number of hydrogen-bond acceptors (Lipinski definition) is 3. The van der Waals surface area contributed by atoms with Gasteiger partial charge in [0.25, 0.3) is 0 Å². The molecule has 1 unspecified atom stereocenters. The molecule has 2 N–H and O–H groups in total. The van der Waals surface area contributed by atoms with Gasteiger partial charge in [0.1, 0.15) is 0 Å². The summed E-state index contributed by atoms with van der Waals surface area (Å²) in [6.07, 6.45) is 4.38. The zero-order valence-electron chi connectivity index (χ0n) is 9.30. The maximum absolute atomic E-state index is 5.78. The SMILES string of the molecule is CC(N)Cc1cccc(-c2ncccn2)c1. The van der Waals surface area contributed by atoms with E-state index in [2.05, 4.69) is 22.1 Å². The molecule has 0 aliphatic carbocycles. The van der Waals surface area contributed by atoms with Gasteiger partial charge < -0.3 is 5.73 Å². The summed E-state index contributed by atoms with van der Waals surface area (Å²) in [5.74, 6) is 0.758. The summed E-state index contributed by atoms with van der Waals surface area (Å²) in [4.78, 5) is 8.45. The van der Waals surface area contributed by atoms with Crippen LogP contribution in [0.4, 0.5) is 0 Å². The van der Waals surface area contributed by atoms with Crippen molar-refractivity contribution < 1.29 is 0 Å². The van der Waals surface area contributed by atoms with Crippen LogP contribution in [0.3, 0.4) is 0 Å². The van der Waals surface area contributed by atoms with Crippen molar-refractivity contribution in [1.29, 1.82) is 0 Å². The molecule has 2 rings (SSSR count). The van der Waals surface area contributed by atoms with Crippen LogP contribution in [-0.4, -0.2) is 16.0 Å². The van der Waals surface area contributed by atoms with Crippen LogP contribution in [0.5, 0.6) is 0 Å². The Morgan fingerprint density at radius 1 is 1.19 bits per heavy atom.